The average molecular weight is 270 g/mol. The van der Waals surface area contributed by atoms with E-state index >= 15 is 0 Å². The maximum atomic E-state index is 10.1. The molecule has 9 nitrogen and oxygen atoms in total. The van der Waals surface area contributed by atoms with Crippen molar-refractivity contribution in [2.24, 2.45) is 0 Å². The molecule has 0 amide bonds. The standard InChI is InChI=1S/C4H2O9.2K/c5-1(6)11-3(9)13-4(10)12-2(7)8;;/h(H,5,6)(H,7,8);;/q;2*+1/p-2. The van der Waals surface area contributed by atoms with E-state index in [1.807, 2.05) is 0 Å². The van der Waals surface area contributed by atoms with Crippen LogP contribution < -0.4 is 113 Å². The Labute approximate surface area is 167 Å². The molecule has 0 saturated heterocycles. The minimum absolute atomic E-state index is 0. The Bertz CT molecular complexity index is 235. The summed E-state index contributed by atoms with van der Waals surface area (Å²) in [5.41, 5.74) is 0. The van der Waals surface area contributed by atoms with Crippen molar-refractivity contribution >= 4 is 24.6 Å². The largest absolute Gasteiger partial charge is 1.00 e. The molecule has 11 heteroatoms. The maximum absolute atomic E-state index is 10.1. The third kappa shape index (κ3) is 15.0. The van der Waals surface area contributed by atoms with Gasteiger partial charge in [-0.05, 0) is 0 Å². The molecule has 0 radical (unpaired) electrons. The fourth-order valence-electron chi connectivity index (χ4n) is 0.246. The van der Waals surface area contributed by atoms with Crippen molar-refractivity contribution in [3.05, 3.63) is 0 Å². The number of carbonyl (C=O) groups excluding carboxylic acids is 4. The second kappa shape index (κ2) is 11.4. The summed E-state index contributed by atoms with van der Waals surface area (Å²) in [5.74, 6) is 0. The van der Waals surface area contributed by atoms with Crippen molar-refractivity contribution in [1.29, 1.82) is 0 Å². The summed E-state index contributed by atoms with van der Waals surface area (Å²) in [7, 11) is 0. The molecule has 0 aliphatic heterocycles. The summed E-state index contributed by atoms with van der Waals surface area (Å²) < 4.78 is 9.57. The van der Waals surface area contributed by atoms with E-state index < -0.39 is 24.6 Å². The van der Waals surface area contributed by atoms with Gasteiger partial charge in [-0.3, -0.25) is 0 Å². The molecule has 0 aromatic carbocycles. The molecular formula is C4K2O9. The van der Waals surface area contributed by atoms with Crippen LogP contribution >= 0.6 is 0 Å². The molecule has 0 aliphatic carbocycles. The van der Waals surface area contributed by atoms with Crippen LogP contribution in [0.3, 0.4) is 0 Å². The van der Waals surface area contributed by atoms with Gasteiger partial charge in [0.05, 0.1) is 0 Å². The number of hydrogen-bond acceptors (Lipinski definition) is 9. The quantitative estimate of drug-likeness (QED) is 0.238. The van der Waals surface area contributed by atoms with Gasteiger partial charge in [0.2, 0.25) is 0 Å². The van der Waals surface area contributed by atoms with E-state index in [1.54, 1.807) is 0 Å². The summed E-state index contributed by atoms with van der Waals surface area (Å²) in [6, 6.07) is 0. The Morgan fingerprint density at radius 1 is 0.667 bits per heavy atom. The van der Waals surface area contributed by atoms with Crippen molar-refractivity contribution in [2.45, 2.75) is 0 Å². The van der Waals surface area contributed by atoms with E-state index in [0.29, 0.717) is 0 Å². The molecule has 0 aliphatic rings. The number of hydrogen-bond donors (Lipinski definition) is 0. The summed E-state index contributed by atoms with van der Waals surface area (Å²) in [6.45, 7) is 0. The topological polar surface area (TPSA) is 142 Å². The van der Waals surface area contributed by atoms with Crippen LogP contribution in [0.2, 0.25) is 0 Å². The van der Waals surface area contributed by atoms with Crippen molar-refractivity contribution in [3.63, 3.8) is 0 Å². The molecule has 0 aromatic heterocycles. The fourth-order valence-corrected chi connectivity index (χ4v) is 0.246. The first kappa shape index (κ1) is 21.3. The molecule has 15 heavy (non-hydrogen) atoms. The first-order valence-electron chi connectivity index (χ1n) is 2.45. The Morgan fingerprint density at radius 2 is 0.933 bits per heavy atom. The molecule has 0 saturated carbocycles. The first-order valence-corrected chi connectivity index (χ1v) is 2.45. The first-order chi connectivity index (χ1) is 5.91. The zero-order valence-corrected chi connectivity index (χ0v) is 13.9. The molecular weight excluding hydrogens is 270 g/mol. The zero-order chi connectivity index (χ0) is 10.4. The van der Waals surface area contributed by atoms with E-state index in [1.165, 1.54) is 0 Å². The molecule has 0 N–H and O–H groups in total. The Hall–Kier alpha value is 0.953. The van der Waals surface area contributed by atoms with Gasteiger partial charge in [-0.15, -0.1) is 0 Å². The molecule has 0 bridgehead atoms. The van der Waals surface area contributed by atoms with Crippen molar-refractivity contribution < 1.29 is 146 Å². The van der Waals surface area contributed by atoms with Crippen molar-refractivity contribution in [2.75, 3.05) is 0 Å². The molecule has 0 rings (SSSR count). The SMILES string of the molecule is O=C([O-])OC(=O)OC(=O)OC(=O)[O-].[K+].[K+]. The zero-order valence-electron chi connectivity index (χ0n) is 7.67. The molecule has 72 valence electrons. The van der Waals surface area contributed by atoms with Crippen LogP contribution in [0.25, 0.3) is 0 Å². The molecule has 0 unspecified atom stereocenters. The van der Waals surface area contributed by atoms with Gasteiger partial charge in [0.15, 0.2) is 0 Å². The van der Waals surface area contributed by atoms with Gasteiger partial charge in [-0.25, -0.2) is 9.59 Å². The van der Waals surface area contributed by atoms with Crippen LogP contribution in [0.15, 0.2) is 0 Å². The van der Waals surface area contributed by atoms with Gasteiger partial charge in [0.1, 0.15) is 0 Å². The Balaban J connectivity index is -0.000000720. The minimum atomic E-state index is -2.27. The number of carbonyl (C=O) groups is 4. The summed E-state index contributed by atoms with van der Waals surface area (Å²) in [4.78, 5) is 39.1. The smallest absolute Gasteiger partial charge is 0.452 e. The Kier molecular flexibility index (Phi) is 16.2. The van der Waals surface area contributed by atoms with Crippen LogP contribution in [0, 0.1) is 0 Å². The number of ether oxygens (including phenoxy) is 3. The van der Waals surface area contributed by atoms with E-state index in [4.69, 9.17) is 0 Å². The monoisotopic (exact) mass is 270 g/mol. The summed E-state index contributed by atoms with van der Waals surface area (Å²) in [6.07, 6.45) is -8.53. The minimum Gasteiger partial charge on any atom is -0.452 e. The van der Waals surface area contributed by atoms with Crippen LogP contribution in [0.1, 0.15) is 0 Å². The molecule has 0 spiro atoms. The van der Waals surface area contributed by atoms with Gasteiger partial charge in [0.25, 0.3) is 12.3 Å². The van der Waals surface area contributed by atoms with Gasteiger partial charge in [0, 0.05) is 0 Å². The van der Waals surface area contributed by atoms with Crippen LogP contribution in [-0.2, 0) is 14.2 Å². The van der Waals surface area contributed by atoms with E-state index in [9.17, 15) is 29.4 Å². The van der Waals surface area contributed by atoms with Gasteiger partial charge < -0.3 is 34.0 Å². The van der Waals surface area contributed by atoms with Crippen molar-refractivity contribution in [1.82, 2.24) is 0 Å². The molecule has 0 atom stereocenters. The van der Waals surface area contributed by atoms with Crippen LogP contribution in [0.5, 0.6) is 0 Å². The van der Waals surface area contributed by atoms with Gasteiger partial charge >= 0.3 is 115 Å². The number of carboxylic acid groups (broad SMARTS) is 2. The maximum Gasteiger partial charge on any atom is 1.00 e. The third-order valence-electron chi connectivity index (χ3n) is 0.500. The molecule has 0 fully saturated rings. The third-order valence-corrected chi connectivity index (χ3v) is 0.500. The molecule has 0 aromatic rings. The molecule has 0 heterocycles. The number of rotatable bonds is 0. The van der Waals surface area contributed by atoms with Gasteiger partial charge in [-0.1, -0.05) is 0 Å². The average Bonchev–Trinajstić information content (AvgIpc) is 1.80. The summed E-state index contributed by atoms with van der Waals surface area (Å²) in [5, 5.41) is 19.0. The van der Waals surface area contributed by atoms with Gasteiger partial charge in [-0.2, -0.15) is 0 Å². The van der Waals surface area contributed by atoms with Crippen LogP contribution in [-0.4, -0.2) is 24.6 Å². The predicted molar refractivity (Wildman–Crippen MR) is 24.8 cm³/mol. The van der Waals surface area contributed by atoms with Crippen LogP contribution in [0.4, 0.5) is 19.2 Å². The second-order valence-corrected chi connectivity index (χ2v) is 1.31. The fraction of sp³-hybridized carbons (Fsp3) is 0. The normalized spacial score (nSPS) is 7.20. The van der Waals surface area contributed by atoms with Crippen molar-refractivity contribution in [3.8, 4) is 0 Å². The Morgan fingerprint density at radius 3 is 1.13 bits per heavy atom. The second-order valence-electron chi connectivity index (χ2n) is 1.31. The van der Waals surface area contributed by atoms with E-state index in [2.05, 4.69) is 14.2 Å². The van der Waals surface area contributed by atoms with E-state index in [-0.39, 0.29) is 103 Å². The predicted octanol–water partition coefficient (Wildman–Crippen LogP) is -8.03. The summed E-state index contributed by atoms with van der Waals surface area (Å²) >= 11 is 0. The van der Waals surface area contributed by atoms with E-state index in [0.717, 1.165) is 0 Å².